The third-order valence-corrected chi connectivity index (χ3v) is 7.00. The SMILES string of the molecule is N#Cc1cnc2c(Cl)cc(N[C@@H](c3ccccc3)c3cn(C4CC4)nn3)cc2c1Nc1ccc(F)c(Cl)c1. The van der Waals surface area contributed by atoms with Gasteiger partial charge in [0.25, 0.3) is 0 Å². The number of aromatic nitrogens is 4. The standard InChI is InChI=1S/C28H20Cl2FN7/c29-22-11-18(6-9-24(22)31)34-26-17(13-32)14-33-28-21(26)10-19(12-23(28)30)35-27(16-4-2-1-3-5-16)25-15-38(37-36-25)20-7-8-20/h1-6,9-12,14-15,20,27,35H,7-8H2,(H,33,34)/t27-/m0/s1. The Balaban J connectivity index is 1.43. The van der Waals surface area contributed by atoms with Gasteiger partial charge in [-0.05, 0) is 48.7 Å². The molecule has 188 valence electrons. The lowest BCUT2D eigenvalue weighted by Crippen LogP contribution is -2.13. The summed E-state index contributed by atoms with van der Waals surface area (Å²) in [4.78, 5) is 4.42. The van der Waals surface area contributed by atoms with Crippen LogP contribution in [0.5, 0.6) is 0 Å². The van der Waals surface area contributed by atoms with Gasteiger partial charge in [-0.3, -0.25) is 4.98 Å². The molecule has 6 rings (SSSR count). The summed E-state index contributed by atoms with van der Waals surface area (Å²) in [6.07, 6.45) is 5.65. The zero-order valence-corrected chi connectivity index (χ0v) is 21.4. The van der Waals surface area contributed by atoms with E-state index in [0.717, 1.165) is 24.1 Å². The van der Waals surface area contributed by atoms with Crippen molar-refractivity contribution in [1.29, 1.82) is 5.26 Å². The first-order valence-electron chi connectivity index (χ1n) is 12.0. The van der Waals surface area contributed by atoms with E-state index in [-0.39, 0.29) is 11.1 Å². The minimum Gasteiger partial charge on any atom is -0.373 e. The van der Waals surface area contributed by atoms with Crippen molar-refractivity contribution in [3.8, 4) is 6.07 Å². The number of rotatable bonds is 7. The molecule has 0 aliphatic heterocycles. The smallest absolute Gasteiger partial charge is 0.141 e. The molecule has 0 bridgehead atoms. The molecule has 10 heteroatoms. The number of nitrogens with one attached hydrogen (secondary N) is 2. The van der Waals surface area contributed by atoms with Gasteiger partial charge < -0.3 is 10.6 Å². The summed E-state index contributed by atoms with van der Waals surface area (Å²) >= 11 is 12.7. The highest BCUT2D eigenvalue weighted by Gasteiger charge is 2.27. The van der Waals surface area contributed by atoms with Crippen LogP contribution in [0.25, 0.3) is 10.9 Å². The summed E-state index contributed by atoms with van der Waals surface area (Å²) in [5, 5.41) is 26.4. The van der Waals surface area contributed by atoms with E-state index in [1.54, 1.807) is 12.1 Å². The molecule has 1 aliphatic rings. The molecule has 2 N–H and O–H groups in total. The minimum atomic E-state index is -0.530. The van der Waals surface area contributed by atoms with Crippen LogP contribution in [-0.4, -0.2) is 20.0 Å². The highest BCUT2D eigenvalue weighted by Crippen LogP contribution is 2.38. The van der Waals surface area contributed by atoms with Crippen molar-refractivity contribution in [1.82, 2.24) is 20.0 Å². The fourth-order valence-electron chi connectivity index (χ4n) is 4.36. The quantitative estimate of drug-likeness (QED) is 0.222. The van der Waals surface area contributed by atoms with Gasteiger partial charge in [0.2, 0.25) is 0 Å². The molecule has 0 saturated heterocycles. The molecule has 1 saturated carbocycles. The number of fused-ring (bicyclic) bond motifs is 1. The van der Waals surface area contributed by atoms with E-state index < -0.39 is 5.82 Å². The molecule has 1 atom stereocenters. The van der Waals surface area contributed by atoms with Gasteiger partial charge in [-0.1, -0.05) is 58.7 Å². The maximum absolute atomic E-state index is 13.7. The number of hydrogen-bond donors (Lipinski definition) is 2. The summed E-state index contributed by atoms with van der Waals surface area (Å²) < 4.78 is 15.6. The molecule has 5 aromatic rings. The summed E-state index contributed by atoms with van der Waals surface area (Å²) in [5.74, 6) is -0.530. The zero-order chi connectivity index (χ0) is 26.2. The van der Waals surface area contributed by atoms with Gasteiger partial charge in [0.1, 0.15) is 17.6 Å². The third-order valence-electron chi connectivity index (χ3n) is 6.42. The molecule has 38 heavy (non-hydrogen) atoms. The van der Waals surface area contributed by atoms with Crippen LogP contribution in [0.15, 0.2) is 73.1 Å². The van der Waals surface area contributed by atoms with Crippen molar-refractivity contribution in [3.05, 3.63) is 106 Å². The normalized spacial score (nSPS) is 13.7. The Morgan fingerprint density at radius 1 is 1.03 bits per heavy atom. The maximum Gasteiger partial charge on any atom is 0.141 e. The molecule has 0 unspecified atom stereocenters. The molecule has 0 spiro atoms. The minimum absolute atomic E-state index is 0.0304. The molecule has 0 amide bonds. The van der Waals surface area contributed by atoms with Gasteiger partial charge in [0, 0.05) is 23.0 Å². The summed E-state index contributed by atoms with van der Waals surface area (Å²) in [6.45, 7) is 0. The third kappa shape index (κ3) is 4.74. The average Bonchev–Trinajstić information content (AvgIpc) is 3.67. The first-order chi connectivity index (χ1) is 18.5. The first-order valence-corrected chi connectivity index (χ1v) is 12.7. The van der Waals surface area contributed by atoms with Crippen LogP contribution < -0.4 is 10.6 Å². The lowest BCUT2D eigenvalue weighted by molar-refractivity contribution is 0.610. The number of pyridine rings is 1. The van der Waals surface area contributed by atoms with Crippen LogP contribution in [0.1, 0.15) is 41.7 Å². The second kappa shape index (κ2) is 9.93. The maximum atomic E-state index is 13.7. The van der Waals surface area contributed by atoms with Crippen molar-refractivity contribution in [3.63, 3.8) is 0 Å². The molecule has 2 aromatic heterocycles. The highest BCUT2D eigenvalue weighted by atomic mass is 35.5. The second-order valence-corrected chi connectivity index (χ2v) is 9.92. The summed E-state index contributed by atoms with van der Waals surface area (Å²) in [6, 6.07) is 20.2. The van der Waals surface area contributed by atoms with Crippen LogP contribution in [-0.2, 0) is 0 Å². The average molecular weight is 544 g/mol. The largest absolute Gasteiger partial charge is 0.373 e. The van der Waals surface area contributed by atoms with Crippen LogP contribution >= 0.6 is 23.2 Å². The monoisotopic (exact) mass is 543 g/mol. The van der Waals surface area contributed by atoms with E-state index in [0.29, 0.717) is 44.6 Å². The van der Waals surface area contributed by atoms with Crippen molar-refractivity contribution in [2.45, 2.75) is 24.9 Å². The summed E-state index contributed by atoms with van der Waals surface area (Å²) in [5.41, 5.74) is 4.32. The molecular weight excluding hydrogens is 524 g/mol. The Labute approximate surface area is 227 Å². The van der Waals surface area contributed by atoms with E-state index >= 15 is 0 Å². The molecule has 1 aliphatic carbocycles. The van der Waals surface area contributed by atoms with Gasteiger partial charge in [-0.2, -0.15) is 5.26 Å². The highest BCUT2D eigenvalue weighted by molar-refractivity contribution is 6.36. The molecule has 0 radical (unpaired) electrons. The fraction of sp³-hybridized carbons (Fsp3) is 0.143. The molecule has 2 heterocycles. The van der Waals surface area contributed by atoms with Gasteiger partial charge >= 0.3 is 0 Å². The van der Waals surface area contributed by atoms with Crippen LogP contribution in [0.2, 0.25) is 10.0 Å². The lowest BCUT2D eigenvalue weighted by Gasteiger charge is -2.20. The van der Waals surface area contributed by atoms with Gasteiger partial charge in [0.05, 0.1) is 45.1 Å². The van der Waals surface area contributed by atoms with E-state index in [4.69, 9.17) is 23.2 Å². The molecule has 7 nitrogen and oxygen atoms in total. The Kier molecular flexibility index (Phi) is 6.32. The number of benzene rings is 3. The fourth-order valence-corrected chi connectivity index (χ4v) is 4.81. The number of nitrogens with zero attached hydrogens (tertiary/aromatic N) is 5. The topological polar surface area (TPSA) is 91.5 Å². The lowest BCUT2D eigenvalue weighted by atomic mass is 10.0. The van der Waals surface area contributed by atoms with Crippen molar-refractivity contribution in [2.75, 3.05) is 10.6 Å². The number of nitriles is 1. The Bertz CT molecular complexity index is 1690. The molecule has 3 aromatic carbocycles. The number of hydrogen-bond acceptors (Lipinski definition) is 6. The van der Waals surface area contributed by atoms with Gasteiger partial charge in [-0.15, -0.1) is 5.10 Å². The van der Waals surface area contributed by atoms with E-state index in [1.165, 1.54) is 18.3 Å². The van der Waals surface area contributed by atoms with Crippen molar-refractivity contribution < 1.29 is 4.39 Å². The number of halogens is 3. The Morgan fingerprint density at radius 2 is 1.82 bits per heavy atom. The van der Waals surface area contributed by atoms with E-state index in [2.05, 4.69) is 32.0 Å². The van der Waals surface area contributed by atoms with Crippen LogP contribution in [0.4, 0.5) is 21.5 Å². The Morgan fingerprint density at radius 3 is 2.55 bits per heavy atom. The van der Waals surface area contributed by atoms with Crippen LogP contribution in [0, 0.1) is 17.1 Å². The predicted molar refractivity (Wildman–Crippen MR) is 146 cm³/mol. The van der Waals surface area contributed by atoms with Crippen molar-refractivity contribution >= 4 is 51.2 Å². The van der Waals surface area contributed by atoms with E-state index in [1.807, 2.05) is 47.3 Å². The Hall–Kier alpha value is -4.19. The van der Waals surface area contributed by atoms with Crippen molar-refractivity contribution in [2.24, 2.45) is 0 Å². The van der Waals surface area contributed by atoms with Gasteiger partial charge in [-0.25, -0.2) is 9.07 Å². The second-order valence-electron chi connectivity index (χ2n) is 9.11. The first kappa shape index (κ1) is 24.2. The van der Waals surface area contributed by atoms with E-state index in [9.17, 15) is 9.65 Å². The van der Waals surface area contributed by atoms with Gasteiger partial charge in [0.15, 0.2) is 0 Å². The number of anilines is 3. The molecular formula is C28H20Cl2FN7. The zero-order valence-electron chi connectivity index (χ0n) is 19.9. The molecule has 1 fully saturated rings. The predicted octanol–water partition coefficient (Wildman–Crippen LogP) is 7.42. The summed E-state index contributed by atoms with van der Waals surface area (Å²) in [7, 11) is 0. The van der Waals surface area contributed by atoms with Crippen LogP contribution in [0.3, 0.4) is 0 Å².